The molecular formula is C17H16N3O2+. The van der Waals surface area contributed by atoms with Crippen molar-refractivity contribution in [2.24, 2.45) is 7.05 Å². The van der Waals surface area contributed by atoms with Crippen molar-refractivity contribution in [2.75, 3.05) is 0 Å². The lowest BCUT2D eigenvalue weighted by Crippen LogP contribution is -2.33. The lowest BCUT2D eigenvalue weighted by atomic mass is 10.0. The third-order valence-corrected chi connectivity index (χ3v) is 3.86. The summed E-state index contributed by atoms with van der Waals surface area (Å²) in [4.78, 5) is 32.5. The fourth-order valence-corrected chi connectivity index (χ4v) is 2.45. The Morgan fingerprint density at radius 3 is 2.73 bits per heavy atom. The highest BCUT2D eigenvalue weighted by Crippen LogP contribution is 2.11. The fraction of sp³-hybridized carbons (Fsp3) is 0.176. The maximum Gasteiger partial charge on any atom is 0.204 e. The SMILES string of the molecule is Cc1ccc2c(=O)c(C(=O)c3ccc[n+](C)c3C)c[nH]c2n1. The molecule has 0 saturated heterocycles. The Morgan fingerprint density at radius 1 is 1.18 bits per heavy atom. The van der Waals surface area contributed by atoms with Crippen LogP contribution < -0.4 is 10.00 Å². The molecule has 0 aliphatic rings. The van der Waals surface area contributed by atoms with Crippen LogP contribution in [-0.4, -0.2) is 15.8 Å². The van der Waals surface area contributed by atoms with Crippen molar-refractivity contribution in [1.29, 1.82) is 0 Å². The summed E-state index contributed by atoms with van der Waals surface area (Å²) < 4.78 is 1.85. The van der Waals surface area contributed by atoms with Gasteiger partial charge in [-0.15, -0.1) is 0 Å². The van der Waals surface area contributed by atoms with Crippen LogP contribution in [0, 0.1) is 13.8 Å². The molecule has 0 bridgehead atoms. The van der Waals surface area contributed by atoms with E-state index >= 15 is 0 Å². The molecule has 3 aromatic heterocycles. The first kappa shape index (κ1) is 14.1. The third-order valence-electron chi connectivity index (χ3n) is 3.86. The second-order valence-corrected chi connectivity index (χ2v) is 5.33. The highest BCUT2D eigenvalue weighted by Gasteiger charge is 2.20. The van der Waals surface area contributed by atoms with Gasteiger partial charge in [0.15, 0.2) is 11.9 Å². The molecule has 0 saturated carbocycles. The molecule has 0 radical (unpaired) electrons. The summed E-state index contributed by atoms with van der Waals surface area (Å²) in [6.07, 6.45) is 3.31. The van der Waals surface area contributed by atoms with Crippen molar-refractivity contribution in [1.82, 2.24) is 9.97 Å². The van der Waals surface area contributed by atoms with Crippen LogP contribution in [-0.2, 0) is 7.05 Å². The number of fused-ring (bicyclic) bond motifs is 1. The lowest BCUT2D eigenvalue weighted by molar-refractivity contribution is -0.677. The molecule has 0 aromatic carbocycles. The van der Waals surface area contributed by atoms with Crippen LogP contribution in [0.5, 0.6) is 0 Å². The molecule has 3 aromatic rings. The second-order valence-electron chi connectivity index (χ2n) is 5.33. The Hall–Kier alpha value is -2.82. The van der Waals surface area contributed by atoms with Gasteiger partial charge in [0.1, 0.15) is 12.7 Å². The molecule has 0 spiro atoms. The summed E-state index contributed by atoms with van der Waals surface area (Å²) in [7, 11) is 1.86. The Morgan fingerprint density at radius 2 is 1.95 bits per heavy atom. The highest BCUT2D eigenvalue weighted by molar-refractivity contribution is 6.10. The van der Waals surface area contributed by atoms with Crippen molar-refractivity contribution in [3.63, 3.8) is 0 Å². The highest BCUT2D eigenvalue weighted by atomic mass is 16.1. The van der Waals surface area contributed by atoms with E-state index in [4.69, 9.17) is 0 Å². The molecule has 5 heteroatoms. The quantitative estimate of drug-likeness (QED) is 0.576. The Kier molecular flexibility index (Phi) is 3.33. The zero-order valence-corrected chi connectivity index (χ0v) is 12.7. The standard InChI is InChI=1S/C17H15N3O2/c1-10-6-7-13-16(22)14(9-18-17(13)19-10)15(21)12-5-4-8-20(3)11(12)2/h4-9H,1-3H3/p+1. The van der Waals surface area contributed by atoms with Gasteiger partial charge in [-0.3, -0.25) is 9.59 Å². The van der Waals surface area contributed by atoms with E-state index in [1.54, 1.807) is 24.3 Å². The van der Waals surface area contributed by atoms with Crippen LogP contribution >= 0.6 is 0 Å². The monoisotopic (exact) mass is 294 g/mol. The van der Waals surface area contributed by atoms with E-state index in [-0.39, 0.29) is 16.8 Å². The number of hydrogen-bond donors (Lipinski definition) is 1. The number of nitrogens with one attached hydrogen (secondary N) is 1. The topological polar surface area (TPSA) is 66.7 Å². The van der Waals surface area contributed by atoms with Crippen molar-refractivity contribution >= 4 is 16.8 Å². The minimum Gasteiger partial charge on any atom is -0.345 e. The molecule has 22 heavy (non-hydrogen) atoms. The van der Waals surface area contributed by atoms with Gasteiger partial charge in [0, 0.05) is 24.9 Å². The molecule has 0 fully saturated rings. The summed E-state index contributed by atoms with van der Waals surface area (Å²) in [6, 6.07) is 6.99. The summed E-state index contributed by atoms with van der Waals surface area (Å²) in [5.41, 5.74) is 2.48. The average molecular weight is 294 g/mol. The Balaban J connectivity index is 2.20. The number of aryl methyl sites for hydroxylation is 2. The number of aromatic nitrogens is 3. The van der Waals surface area contributed by atoms with E-state index in [2.05, 4.69) is 9.97 Å². The number of hydrogen-bond acceptors (Lipinski definition) is 3. The normalized spacial score (nSPS) is 10.9. The fourth-order valence-electron chi connectivity index (χ4n) is 2.45. The first-order chi connectivity index (χ1) is 10.5. The van der Waals surface area contributed by atoms with E-state index in [0.717, 1.165) is 11.4 Å². The van der Waals surface area contributed by atoms with Crippen molar-refractivity contribution in [3.8, 4) is 0 Å². The summed E-state index contributed by atoms with van der Waals surface area (Å²) in [5, 5.41) is 0.425. The van der Waals surface area contributed by atoms with Crippen LogP contribution in [0.25, 0.3) is 11.0 Å². The molecule has 3 heterocycles. The molecule has 0 aliphatic heterocycles. The number of carbonyl (C=O) groups is 1. The van der Waals surface area contributed by atoms with Crippen molar-refractivity contribution in [3.05, 3.63) is 69.4 Å². The Labute approximate surface area is 127 Å². The molecule has 5 nitrogen and oxygen atoms in total. The van der Waals surface area contributed by atoms with Gasteiger partial charge in [-0.05, 0) is 25.1 Å². The van der Waals surface area contributed by atoms with E-state index in [1.807, 2.05) is 31.7 Å². The predicted molar refractivity (Wildman–Crippen MR) is 82.9 cm³/mol. The number of carbonyl (C=O) groups excluding carboxylic acids is 1. The predicted octanol–water partition coefficient (Wildman–Crippen LogP) is 1.60. The minimum absolute atomic E-state index is 0.132. The van der Waals surface area contributed by atoms with Crippen LogP contribution in [0.2, 0.25) is 0 Å². The molecule has 110 valence electrons. The number of aromatic amines is 1. The van der Waals surface area contributed by atoms with E-state index in [9.17, 15) is 9.59 Å². The largest absolute Gasteiger partial charge is 0.345 e. The first-order valence-electron chi connectivity index (χ1n) is 6.98. The zero-order chi connectivity index (χ0) is 15.9. The summed E-state index contributed by atoms with van der Waals surface area (Å²) >= 11 is 0. The number of ketones is 1. The van der Waals surface area contributed by atoms with E-state index in [0.29, 0.717) is 16.6 Å². The summed E-state index contributed by atoms with van der Waals surface area (Å²) in [5.74, 6) is -0.280. The zero-order valence-electron chi connectivity index (χ0n) is 12.7. The van der Waals surface area contributed by atoms with Crippen LogP contribution in [0.15, 0.2) is 41.5 Å². The Bertz CT molecular complexity index is 958. The number of nitrogens with zero attached hydrogens (tertiary/aromatic N) is 2. The maximum absolute atomic E-state index is 12.7. The van der Waals surface area contributed by atoms with Crippen molar-refractivity contribution < 1.29 is 9.36 Å². The van der Waals surface area contributed by atoms with E-state index < -0.39 is 0 Å². The third kappa shape index (κ3) is 2.20. The van der Waals surface area contributed by atoms with Gasteiger partial charge < -0.3 is 4.98 Å². The molecule has 0 amide bonds. The number of pyridine rings is 3. The molecule has 0 atom stereocenters. The number of rotatable bonds is 2. The van der Waals surface area contributed by atoms with E-state index in [1.165, 1.54) is 6.20 Å². The van der Waals surface area contributed by atoms with Crippen LogP contribution in [0.3, 0.4) is 0 Å². The van der Waals surface area contributed by atoms with Crippen LogP contribution in [0.4, 0.5) is 0 Å². The lowest BCUT2D eigenvalue weighted by Gasteiger charge is -2.04. The van der Waals surface area contributed by atoms with Gasteiger partial charge in [0.25, 0.3) is 0 Å². The molecule has 3 rings (SSSR count). The van der Waals surface area contributed by atoms with Gasteiger partial charge in [0.05, 0.1) is 16.5 Å². The van der Waals surface area contributed by atoms with Gasteiger partial charge in [-0.2, -0.15) is 0 Å². The average Bonchev–Trinajstić information content (AvgIpc) is 2.49. The van der Waals surface area contributed by atoms with Gasteiger partial charge in [-0.25, -0.2) is 9.55 Å². The number of H-pyrrole nitrogens is 1. The first-order valence-corrected chi connectivity index (χ1v) is 6.98. The van der Waals surface area contributed by atoms with Gasteiger partial charge in [0.2, 0.25) is 11.2 Å². The van der Waals surface area contributed by atoms with Crippen molar-refractivity contribution in [2.45, 2.75) is 13.8 Å². The molecule has 0 aliphatic carbocycles. The smallest absolute Gasteiger partial charge is 0.204 e. The van der Waals surface area contributed by atoms with Gasteiger partial charge >= 0.3 is 0 Å². The molecule has 0 unspecified atom stereocenters. The summed E-state index contributed by atoms with van der Waals surface area (Å²) in [6.45, 7) is 3.71. The maximum atomic E-state index is 12.7. The van der Waals surface area contributed by atoms with Crippen LogP contribution in [0.1, 0.15) is 27.3 Å². The molecular weight excluding hydrogens is 278 g/mol. The van der Waals surface area contributed by atoms with Gasteiger partial charge in [-0.1, -0.05) is 0 Å². The molecule has 1 N–H and O–H groups in total. The minimum atomic E-state index is -0.294. The second kappa shape index (κ2) is 5.18.